The third-order valence-electron chi connectivity index (χ3n) is 3.59. The summed E-state index contributed by atoms with van der Waals surface area (Å²) in [4.78, 5) is 7.68. The average molecular weight is 310 g/mol. The van der Waals surface area contributed by atoms with Gasteiger partial charge in [-0.1, -0.05) is 6.07 Å². The van der Waals surface area contributed by atoms with Gasteiger partial charge in [0.05, 0.1) is 27.0 Å². The van der Waals surface area contributed by atoms with Crippen molar-refractivity contribution in [2.24, 2.45) is 4.99 Å². The lowest BCUT2D eigenvalue weighted by Gasteiger charge is -2.12. The second-order valence-corrected chi connectivity index (χ2v) is 4.97. The summed E-state index contributed by atoms with van der Waals surface area (Å²) in [5.41, 5.74) is 2.86. The van der Waals surface area contributed by atoms with Crippen LogP contribution in [0.5, 0.6) is 17.2 Å². The summed E-state index contributed by atoms with van der Waals surface area (Å²) >= 11 is 0. The molecule has 0 saturated carbocycles. The van der Waals surface area contributed by atoms with Gasteiger partial charge in [-0.2, -0.15) is 0 Å². The van der Waals surface area contributed by atoms with Crippen LogP contribution in [-0.2, 0) is 0 Å². The molecule has 0 bridgehead atoms. The quantitative estimate of drug-likeness (QED) is 0.726. The molecule has 23 heavy (non-hydrogen) atoms. The Balaban J connectivity index is 1.94. The van der Waals surface area contributed by atoms with Crippen molar-refractivity contribution in [2.45, 2.75) is 0 Å². The van der Waals surface area contributed by atoms with Crippen LogP contribution in [0.25, 0.3) is 10.9 Å². The number of aromatic amines is 1. The summed E-state index contributed by atoms with van der Waals surface area (Å²) in [6, 6.07) is 11.8. The van der Waals surface area contributed by atoms with Crippen LogP contribution in [0.3, 0.4) is 0 Å². The second kappa shape index (κ2) is 6.44. The molecule has 0 unspecified atom stereocenters. The van der Waals surface area contributed by atoms with Gasteiger partial charge in [-0.05, 0) is 29.1 Å². The maximum absolute atomic E-state index is 5.34. The molecule has 3 rings (SSSR count). The van der Waals surface area contributed by atoms with Gasteiger partial charge >= 0.3 is 0 Å². The fourth-order valence-electron chi connectivity index (χ4n) is 2.44. The third-order valence-corrected chi connectivity index (χ3v) is 3.59. The summed E-state index contributed by atoms with van der Waals surface area (Å²) in [6.45, 7) is 0. The molecule has 3 aromatic rings. The van der Waals surface area contributed by atoms with E-state index < -0.39 is 0 Å². The average Bonchev–Trinajstić information content (AvgIpc) is 3.06. The molecule has 0 spiro atoms. The number of aromatic nitrogens is 1. The van der Waals surface area contributed by atoms with E-state index in [9.17, 15) is 0 Å². The molecule has 0 saturated heterocycles. The highest BCUT2D eigenvalue weighted by Gasteiger charge is 2.12. The van der Waals surface area contributed by atoms with Gasteiger partial charge in [-0.25, -0.2) is 0 Å². The molecule has 1 N–H and O–H groups in total. The molecular formula is C18H18N2O3. The van der Waals surface area contributed by atoms with Crippen LogP contribution in [0.4, 0.5) is 5.69 Å². The van der Waals surface area contributed by atoms with E-state index in [2.05, 4.69) is 16.0 Å². The Bertz CT molecular complexity index is 827. The molecule has 2 aromatic carbocycles. The number of rotatable bonds is 5. The molecule has 0 aliphatic rings. The van der Waals surface area contributed by atoms with E-state index in [4.69, 9.17) is 14.2 Å². The normalized spacial score (nSPS) is 11.1. The third kappa shape index (κ3) is 2.99. The number of hydrogen-bond acceptors (Lipinski definition) is 4. The molecule has 1 heterocycles. The molecule has 0 radical (unpaired) electrons. The number of hydrogen-bond donors (Lipinski definition) is 1. The fraction of sp³-hybridized carbons (Fsp3) is 0.167. The van der Waals surface area contributed by atoms with Crippen LogP contribution in [-0.4, -0.2) is 32.5 Å². The van der Waals surface area contributed by atoms with Crippen LogP contribution in [0.2, 0.25) is 0 Å². The smallest absolute Gasteiger partial charge is 0.203 e. The Hall–Kier alpha value is -2.95. The number of nitrogens with one attached hydrogen (secondary N) is 1. The van der Waals surface area contributed by atoms with Crippen molar-refractivity contribution in [3.05, 3.63) is 48.2 Å². The van der Waals surface area contributed by atoms with Crippen molar-refractivity contribution in [3.8, 4) is 17.2 Å². The van der Waals surface area contributed by atoms with Crippen LogP contribution < -0.4 is 14.2 Å². The van der Waals surface area contributed by atoms with Gasteiger partial charge in [0, 0.05) is 30.1 Å². The van der Waals surface area contributed by atoms with Crippen LogP contribution in [0, 0.1) is 0 Å². The summed E-state index contributed by atoms with van der Waals surface area (Å²) in [5.74, 6) is 1.72. The van der Waals surface area contributed by atoms with E-state index in [1.807, 2.05) is 42.7 Å². The van der Waals surface area contributed by atoms with Gasteiger partial charge in [0.2, 0.25) is 5.75 Å². The number of ether oxygens (including phenoxy) is 3. The van der Waals surface area contributed by atoms with Crippen molar-refractivity contribution in [2.75, 3.05) is 21.3 Å². The second-order valence-electron chi connectivity index (χ2n) is 4.97. The first-order valence-electron chi connectivity index (χ1n) is 7.16. The Labute approximate surface area is 134 Å². The van der Waals surface area contributed by atoms with Gasteiger partial charge in [0.25, 0.3) is 0 Å². The first-order valence-corrected chi connectivity index (χ1v) is 7.16. The molecule has 5 nitrogen and oxygen atoms in total. The molecule has 1 aromatic heterocycles. The van der Waals surface area contributed by atoms with Gasteiger partial charge in [0.1, 0.15) is 0 Å². The minimum absolute atomic E-state index is 0.558. The maximum atomic E-state index is 5.34. The highest BCUT2D eigenvalue weighted by Crippen LogP contribution is 2.40. The van der Waals surface area contributed by atoms with Crippen molar-refractivity contribution >= 4 is 22.8 Å². The Morgan fingerprint density at radius 2 is 1.65 bits per heavy atom. The summed E-state index contributed by atoms with van der Waals surface area (Å²) < 4.78 is 16.0. The number of nitrogens with zero attached hydrogens (tertiary/aromatic N) is 1. The van der Waals surface area contributed by atoms with Gasteiger partial charge < -0.3 is 19.2 Å². The van der Waals surface area contributed by atoms with Crippen molar-refractivity contribution in [3.63, 3.8) is 0 Å². The van der Waals surface area contributed by atoms with Gasteiger partial charge in [-0.15, -0.1) is 0 Å². The van der Waals surface area contributed by atoms with Gasteiger partial charge in [0.15, 0.2) is 11.5 Å². The highest BCUT2D eigenvalue weighted by molar-refractivity contribution is 5.90. The van der Waals surface area contributed by atoms with Crippen molar-refractivity contribution < 1.29 is 14.2 Å². The molecule has 0 aliphatic heterocycles. The largest absolute Gasteiger partial charge is 0.493 e. The molecular weight excluding hydrogens is 292 g/mol. The minimum atomic E-state index is 0.558. The van der Waals surface area contributed by atoms with E-state index in [0.29, 0.717) is 17.2 Å². The molecule has 5 heteroatoms. The van der Waals surface area contributed by atoms with Gasteiger partial charge in [-0.3, -0.25) is 4.99 Å². The molecule has 0 atom stereocenters. The summed E-state index contributed by atoms with van der Waals surface area (Å²) in [6.07, 6.45) is 3.73. The van der Waals surface area contributed by atoms with E-state index >= 15 is 0 Å². The standard InChI is InChI=1S/C18H18N2O3/c1-21-16-9-14(10-17(22-2)18(16)23-3)20-11-12-4-5-15-13(8-12)6-7-19-15/h4-11,19H,1-3H3. The molecule has 0 fully saturated rings. The highest BCUT2D eigenvalue weighted by atomic mass is 16.5. The number of fused-ring (bicyclic) bond motifs is 1. The topological polar surface area (TPSA) is 55.8 Å². The van der Waals surface area contributed by atoms with E-state index in [1.54, 1.807) is 21.3 Å². The number of methoxy groups -OCH3 is 3. The zero-order valence-electron chi connectivity index (χ0n) is 13.3. The molecule has 118 valence electrons. The number of benzene rings is 2. The summed E-state index contributed by atoms with van der Waals surface area (Å²) in [5, 5.41) is 1.15. The van der Waals surface area contributed by atoms with E-state index in [1.165, 1.54) is 0 Å². The predicted molar refractivity (Wildman–Crippen MR) is 91.7 cm³/mol. The van der Waals surface area contributed by atoms with E-state index in [0.717, 1.165) is 22.2 Å². The summed E-state index contributed by atoms with van der Waals surface area (Å²) in [7, 11) is 4.75. The van der Waals surface area contributed by atoms with E-state index in [-0.39, 0.29) is 0 Å². The zero-order chi connectivity index (χ0) is 16.2. The lowest BCUT2D eigenvalue weighted by molar-refractivity contribution is 0.324. The fourth-order valence-corrected chi connectivity index (χ4v) is 2.44. The van der Waals surface area contributed by atoms with Crippen LogP contribution in [0.15, 0.2) is 47.6 Å². The Morgan fingerprint density at radius 3 is 2.30 bits per heavy atom. The van der Waals surface area contributed by atoms with Crippen molar-refractivity contribution in [1.82, 2.24) is 4.98 Å². The van der Waals surface area contributed by atoms with Crippen LogP contribution >= 0.6 is 0 Å². The molecule has 0 aliphatic carbocycles. The number of H-pyrrole nitrogens is 1. The Morgan fingerprint density at radius 1 is 0.913 bits per heavy atom. The first kappa shape index (κ1) is 15.0. The SMILES string of the molecule is COc1cc(N=Cc2ccc3[nH]ccc3c2)cc(OC)c1OC. The maximum Gasteiger partial charge on any atom is 0.203 e. The van der Waals surface area contributed by atoms with Crippen molar-refractivity contribution in [1.29, 1.82) is 0 Å². The monoisotopic (exact) mass is 310 g/mol. The Kier molecular flexibility index (Phi) is 4.19. The predicted octanol–water partition coefficient (Wildman–Crippen LogP) is 3.94. The van der Waals surface area contributed by atoms with Crippen LogP contribution in [0.1, 0.15) is 5.56 Å². The zero-order valence-corrected chi connectivity index (χ0v) is 13.3. The molecule has 0 amide bonds. The first-order chi connectivity index (χ1) is 11.2. The lowest BCUT2D eigenvalue weighted by Crippen LogP contribution is -1.94. The number of aliphatic imine (C=N–C) groups is 1. The lowest BCUT2D eigenvalue weighted by atomic mass is 10.2. The minimum Gasteiger partial charge on any atom is -0.493 e.